The van der Waals surface area contributed by atoms with Crippen LogP contribution < -0.4 is 15.4 Å². The third-order valence-corrected chi connectivity index (χ3v) is 6.27. The molecule has 0 aliphatic carbocycles. The predicted molar refractivity (Wildman–Crippen MR) is 145 cm³/mol. The average Bonchev–Trinajstić information content (AvgIpc) is 3.28. The van der Waals surface area contributed by atoms with Gasteiger partial charge in [-0.05, 0) is 51.8 Å². The lowest BCUT2D eigenvalue weighted by molar-refractivity contribution is -0.118. The Bertz CT molecular complexity index is 1520. The molecule has 0 unspecified atom stereocenters. The Morgan fingerprint density at radius 2 is 1.81 bits per heavy atom. The van der Waals surface area contributed by atoms with Crippen LogP contribution in [0.25, 0.3) is 16.9 Å². The Morgan fingerprint density at radius 3 is 2.64 bits per heavy atom. The zero-order valence-electron chi connectivity index (χ0n) is 19.0. The number of rotatable bonds is 8. The van der Waals surface area contributed by atoms with Crippen LogP contribution in [0.1, 0.15) is 5.56 Å². The van der Waals surface area contributed by atoms with E-state index in [0.29, 0.717) is 28.7 Å². The second-order valence-electron chi connectivity index (χ2n) is 7.94. The highest BCUT2D eigenvalue weighted by Crippen LogP contribution is 2.30. The minimum Gasteiger partial charge on any atom is -0.484 e. The number of aromatic nitrogens is 3. The molecule has 0 spiro atoms. The molecule has 0 radical (unpaired) electrons. The van der Waals surface area contributed by atoms with E-state index in [-0.39, 0.29) is 12.5 Å². The molecule has 0 aliphatic heterocycles. The number of para-hydroxylation sites is 1. The van der Waals surface area contributed by atoms with Gasteiger partial charge < -0.3 is 15.4 Å². The number of anilines is 2. The summed E-state index contributed by atoms with van der Waals surface area (Å²) in [7, 11) is 0. The van der Waals surface area contributed by atoms with Crippen molar-refractivity contribution in [2.24, 2.45) is 0 Å². The number of carbonyl (C=O) groups excluding carboxylic acids is 1. The van der Waals surface area contributed by atoms with E-state index in [2.05, 4.69) is 31.7 Å². The topological polar surface area (TPSA) is 80.5 Å². The monoisotopic (exact) mass is 561 g/mol. The van der Waals surface area contributed by atoms with Crippen LogP contribution in [0.3, 0.4) is 0 Å². The van der Waals surface area contributed by atoms with E-state index in [1.165, 1.54) is 0 Å². The first-order chi connectivity index (χ1) is 17.6. The maximum Gasteiger partial charge on any atom is 0.262 e. The summed E-state index contributed by atoms with van der Waals surface area (Å²) in [6, 6.07) is 26.4. The molecule has 2 N–H and O–H groups in total. The van der Waals surface area contributed by atoms with E-state index < -0.39 is 0 Å². The van der Waals surface area contributed by atoms with Crippen LogP contribution in [0, 0.1) is 0 Å². The van der Waals surface area contributed by atoms with Crippen molar-refractivity contribution < 1.29 is 9.53 Å². The summed E-state index contributed by atoms with van der Waals surface area (Å²) >= 11 is 9.95. The molecule has 0 saturated carbocycles. The van der Waals surface area contributed by atoms with Crippen LogP contribution >= 0.6 is 27.5 Å². The summed E-state index contributed by atoms with van der Waals surface area (Å²) in [6.07, 6.45) is 1.71. The molecule has 7 nitrogen and oxygen atoms in total. The molecular formula is C27H21BrClN5O2. The van der Waals surface area contributed by atoms with Gasteiger partial charge in [-0.25, -0.2) is 4.98 Å². The van der Waals surface area contributed by atoms with Gasteiger partial charge in [0.2, 0.25) is 0 Å². The van der Waals surface area contributed by atoms with Gasteiger partial charge in [-0.2, -0.15) is 9.61 Å². The first kappa shape index (κ1) is 23.8. The normalized spacial score (nSPS) is 10.8. The van der Waals surface area contributed by atoms with Crippen LogP contribution in [-0.4, -0.2) is 27.1 Å². The Hall–Kier alpha value is -3.88. The number of amides is 1. The molecule has 3 aromatic carbocycles. The second kappa shape index (κ2) is 10.8. The van der Waals surface area contributed by atoms with Gasteiger partial charge in [0.05, 0.1) is 16.4 Å². The Balaban J connectivity index is 1.30. The van der Waals surface area contributed by atoms with Crippen molar-refractivity contribution in [3.63, 3.8) is 0 Å². The van der Waals surface area contributed by atoms with E-state index in [1.54, 1.807) is 10.7 Å². The number of fused-ring (bicyclic) bond motifs is 1. The lowest BCUT2D eigenvalue weighted by Gasteiger charge is -2.13. The molecular weight excluding hydrogens is 542 g/mol. The highest BCUT2D eigenvalue weighted by molar-refractivity contribution is 9.10. The summed E-state index contributed by atoms with van der Waals surface area (Å²) < 4.78 is 8.03. The zero-order valence-corrected chi connectivity index (χ0v) is 21.3. The largest absolute Gasteiger partial charge is 0.484 e. The van der Waals surface area contributed by atoms with Gasteiger partial charge in [0.1, 0.15) is 11.6 Å². The Labute approximate surface area is 221 Å². The molecule has 0 atom stereocenters. The van der Waals surface area contributed by atoms with Crippen molar-refractivity contribution in [3.05, 3.63) is 106 Å². The molecule has 0 bridgehead atoms. The standard InChI is InChI=1S/C27H21BrClN5O2/c28-22-16-31-34-25(14-24(33-27(22)34)21-11-4-5-12-23(21)29)30-15-18-7-6-8-19(13-18)32-26(35)17-36-20-9-2-1-3-10-20/h1-14,16,30H,15,17H2,(H,32,35). The van der Waals surface area contributed by atoms with E-state index in [4.69, 9.17) is 21.3 Å². The van der Waals surface area contributed by atoms with Gasteiger partial charge in [-0.15, -0.1) is 0 Å². The summed E-state index contributed by atoms with van der Waals surface area (Å²) in [5.74, 6) is 1.17. The van der Waals surface area contributed by atoms with Gasteiger partial charge in [-0.1, -0.05) is 60.1 Å². The fourth-order valence-electron chi connectivity index (χ4n) is 3.68. The van der Waals surface area contributed by atoms with Gasteiger partial charge in [0, 0.05) is 28.9 Å². The summed E-state index contributed by atoms with van der Waals surface area (Å²) in [6.45, 7) is 0.434. The fraction of sp³-hybridized carbons (Fsp3) is 0.0741. The summed E-state index contributed by atoms with van der Waals surface area (Å²) in [5.41, 5.74) is 3.91. The first-order valence-corrected chi connectivity index (χ1v) is 12.3. The van der Waals surface area contributed by atoms with Crippen LogP contribution in [0.2, 0.25) is 5.02 Å². The fourth-order valence-corrected chi connectivity index (χ4v) is 4.26. The number of halogens is 2. The quantitative estimate of drug-likeness (QED) is 0.227. The second-order valence-corrected chi connectivity index (χ2v) is 9.20. The molecule has 2 heterocycles. The summed E-state index contributed by atoms with van der Waals surface area (Å²) in [5, 5.41) is 11.4. The predicted octanol–water partition coefficient (Wildman–Crippen LogP) is 6.44. The minimum atomic E-state index is -0.231. The summed E-state index contributed by atoms with van der Waals surface area (Å²) in [4.78, 5) is 17.1. The third-order valence-electron chi connectivity index (χ3n) is 5.38. The number of benzene rings is 3. The van der Waals surface area contributed by atoms with Gasteiger partial charge in [0.15, 0.2) is 12.3 Å². The molecule has 36 heavy (non-hydrogen) atoms. The molecule has 1 amide bonds. The van der Waals surface area contributed by atoms with Gasteiger partial charge in [0.25, 0.3) is 5.91 Å². The number of ether oxygens (including phenoxy) is 1. The van der Waals surface area contributed by atoms with Gasteiger partial charge >= 0.3 is 0 Å². The molecule has 5 rings (SSSR count). The highest BCUT2D eigenvalue weighted by atomic mass is 79.9. The van der Waals surface area contributed by atoms with Crippen molar-refractivity contribution in [2.45, 2.75) is 6.54 Å². The van der Waals surface area contributed by atoms with Crippen molar-refractivity contribution in [1.29, 1.82) is 0 Å². The molecule has 2 aromatic heterocycles. The van der Waals surface area contributed by atoms with Crippen molar-refractivity contribution in [1.82, 2.24) is 14.6 Å². The van der Waals surface area contributed by atoms with E-state index in [1.807, 2.05) is 84.9 Å². The molecule has 0 saturated heterocycles. The SMILES string of the molecule is O=C(COc1ccccc1)Nc1cccc(CNc2cc(-c3ccccc3Cl)nc3c(Br)cnn23)c1. The van der Waals surface area contributed by atoms with Crippen LogP contribution in [0.4, 0.5) is 11.5 Å². The van der Waals surface area contributed by atoms with Crippen LogP contribution in [0.15, 0.2) is 95.6 Å². The Kier molecular flexibility index (Phi) is 7.16. The van der Waals surface area contributed by atoms with Crippen molar-refractivity contribution in [2.75, 3.05) is 17.2 Å². The molecule has 0 fully saturated rings. The highest BCUT2D eigenvalue weighted by Gasteiger charge is 2.13. The van der Waals surface area contributed by atoms with Gasteiger partial charge in [-0.3, -0.25) is 4.79 Å². The number of hydrogen-bond donors (Lipinski definition) is 2. The van der Waals surface area contributed by atoms with Crippen molar-refractivity contribution >= 4 is 50.6 Å². The lowest BCUT2D eigenvalue weighted by atomic mass is 10.1. The number of hydrogen-bond acceptors (Lipinski definition) is 5. The van der Waals surface area contributed by atoms with Crippen LogP contribution in [-0.2, 0) is 11.3 Å². The van der Waals surface area contributed by atoms with Crippen molar-refractivity contribution in [3.8, 4) is 17.0 Å². The number of nitrogens with zero attached hydrogens (tertiary/aromatic N) is 3. The van der Waals surface area contributed by atoms with E-state index in [0.717, 1.165) is 27.1 Å². The van der Waals surface area contributed by atoms with E-state index in [9.17, 15) is 4.79 Å². The molecule has 9 heteroatoms. The maximum atomic E-state index is 12.3. The Morgan fingerprint density at radius 1 is 1.00 bits per heavy atom. The molecule has 5 aromatic rings. The lowest BCUT2D eigenvalue weighted by Crippen LogP contribution is -2.20. The third kappa shape index (κ3) is 5.50. The number of nitrogens with one attached hydrogen (secondary N) is 2. The maximum absolute atomic E-state index is 12.3. The number of carbonyl (C=O) groups is 1. The minimum absolute atomic E-state index is 0.0690. The van der Waals surface area contributed by atoms with Crippen LogP contribution in [0.5, 0.6) is 5.75 Å². The smallest absolute Gasteiger partial charge is 0.262 e. The molecule has 180 valence electrons. The average molecular weight is 563 g/mol. The molecule has 0 aliphatic rings. The zero-order chi connectivity index (χ0) is 24.9. The van der Waals surface area contributed by atoms with E-state index >= 15 is 0 Å². The first-order valence-electron chi connectivity index (χ1n) is 11.2.